The third kappa shape index (κ3) is 2.61. The van der Waals surface area contributed by atoms with Crippen LogP contribution in [0.25, 0.3) is 0 Å². The zero-order valence-electron chi connectivity index (χ0n) is 9.62. The van der Waals surface area contributed by atoms with Crippen LogP contribution >= 0.6 is 0 Å². The highest BCUT2D eigenvalue weighted by molar-refractivity contribution is 5.14. The second kappa shape index (κ2) is 4.81. The van der Waals surface area contributed by atoms with E-state index in [-0.39, 0.29) is 0 Å². The summed E-state index contributed by atoms with van der Waals surface area (Å²) in [5.41, 5.74) is 2.65. The molecule has 0 aliphatic carbocycles. The standard InChI is InChI=1S/C12H20N2O/c1-10-5-6-11(14(10)2)8-13-9-12-4-3-7-15-12/h5-6,12-13H,3-4,7-9H2,1-2H3/t12-/m0/s1. The Balaban J connectivity index is 1.75. The Morgan fingerprint density at radius 3 is 3.00 bits per heavy atom. The van der Waals surface area contributed by atoms with Crippen molar-refractivity contribution < 1.29 is 4.74 Å². The maximum atomic E-state index is 5.56. The lowest BCUT2D eigenvalue weighted by Crippen LogP contribution is -2.26. The molecule has 84 valence electrons. The van der Waals surface area contributed by atoms with Gasteiger partial charge in [0.15, 0.2) is 0 Å². The molecule has 0 saturated carbocycles. The van der Waals surface area contributed by atoms with Crippen LogP contribution < -0.4 is 5.32 Å². The molecular weight excluding hydrogens is 188 g/mol. The van der Waals surface area contributed by atoms with Crippen LogP contribution in [0.5, 0.6) is 0 Å². The Morgan fingerprint density at radius 1 is 1.53 bits per heavy atom. The molecule has 0 amide bonds. The zero-order chi connectivity index (χ0) is 10.7. The molecule has 1 aromatic heterocycles. The molecule has 2 heterocycles. The van der Waals surface area contributed by atoms with Crippen LogP contribution in [0, 0.1) is 6.92 Å². The first kappa shape index (κ1) is 10.7. The van der Waals surface area contributed by atoms with E-state index < -0.39 is 0 Å². The predicted molar refractivity (Wildman–Crippen MR) is 60.8 cm³/mol. The van der Waals surface area contributed by atoms with Gasteiger partial charge in [0, 0.05) is 38.1 Å². The van der Waals surface area contributed by atoms with Gasteiger partial charge >= 0.3 is 0 Å². The molecule has 1 aliphatic rings. The van der Waals surface area contributed by atoms with E-state index in [1.165, 1.54) is 24.2 Å². The summed E-state index contributed by atoms with van der Waals surface area (Å²) in [5, 5.41) is 3.45. The minimum absolute atomic E-state index is 0.436. The summed E-state index contributed by atoms with van der Waals surface area (Å²) in [4.78, 5) is 0. The van der Waals surface area contributed by atoms with Crippen LogP contribution in [-0.2, 0) is 18.3 Å². The molecule has 0 aromatic carbocycles. The Bertz CT molecular complexity index is 313. The van der Waals surface area contributed by atoms with Gasteiger partial charge in [0.05, 0.1) is 6.10 Å². The highest BCUT2D eigenvalue weighted by atomic mass is 16.5. The van der Waals surface area contributed by atoms with E-state index in [9.17, 15) is 0 Å². The molecule has 1 aromatic rings. The fourth-order valence-electron chi connectivity index (χ4n) is 2.01. The lowest BCUT2D eigenvalue weighted by Gasteiger charge is -2.11. The number of aryl methyl sites for hydroxylation is 1. The molecule has 0 spiro atoms. The van der Waals surface area contributed by atoms with Gasteiger partial charge in [0.2, 0.25) is 0 Å². The van der Waals surface area contributed by atoms with Crippen LogP contribution in [0.4, 0.5) is 0 Å². The number of rotatable bonds is 4. The number of aromatic nitrogens is 1. The third-order valence-corrected chi connectivity index (χ3v) is 3.18. The van der Waals surface area contributed by atoms with Gasteiger partial charge < -0.3 is 14.6 Å². The summed E-state index contributed by atoms with van der Waals surface area (Å²) >= 11 is 0. The molecule has 3 nitrogen and oxygen atoms in total. The average molecular weight is 208 g/mol. The topological polar surface area (TPSA) is 26.2 Å². The van der Waals surface area contributed by atoms with Gasteiger partial charge in [-0.3, -0.25) is 0 Å². The SMILES string of the molecule is Cc1ccc(CNC[C@@H]2CCCO2)n1C. The largest absolute Gasteiger partial charge is 0.377 e. The normalized spacial score (nSPS) is 21.1. The van der Waals surface area contributed by atoms with E-state index in [0.717, 1.165) is 19.7 Å². The van der Waals surface area contributed by atoms with E-state index in [2.05, 4.69) is 36.0 Å². The highest BCUT2D eigenvalue weighted by Gasteiger charge is 2.14. The molecule has 0 bridgehead atoms. The van der Waals surface area contributed by atoms with Crippen molar-refractivity contribution in [3.63, 3.8) is 0 Å². The summed E-state index contributed by atoms with van der Waals surface area (Å²) < 4.78 is 7.78. The first-order chi connectivity index (χ1) is 7.27. The Labute approximate surface area is 91.4 Å². The van der Waals surface area contributed by atoms with Gasteiger partial charge in [0.1, 0.15) is 0 Å². The van der Waals surface area contributed by atoms with Gasteiger partial charge in [-0.25, -0.2) is 0 Å². The van der Waals surface area contributed by atoms with Crippen LogP contribution in [0.1, 0.15) is 24.2 Å². The molecule has 1 atom stereocenters. The van der Waals surface area contributed by atoms with Crippen molar-refractivity contribution in [2.24, 2.45) is 7.05 Å². The molecule has 3 heteroatoms. The van der Waals surface area contributed by atoms with Crippen molar-refractivity contribution in [3.05, 3.63) is 23.5 Å². The van der Waals surface area contributed by atoms with Gasteiger partial charge in [-0.2, -0.15) is 0 Å². The zero-order valence-corrected chi connectivity index (χ0v) is 9.62. The molecule has 1 saturated heterocycles. The van der Waals surface area contributed by atoms with Gasteiger partial charge in [-0.1, -0.05) is 0 Å². The van der Waals surface area contributed by atoms with Crippen molar-refractivity contribution in [2.75, 3.05) is 13.2 Å². The third-order valence-electron chi connectivity index (χ3n) is 3.18. The van der Waals surface area contributed by atoms with Crippen molar-refractivity contribution in [1.82, 2.24) is 9.88 Å². The van der Waals surface area contributed by atoms with Gasteiger partial charge in [0.25, 0.3) is 0 Å². The molecule has 15 heavy (non-hydrogen) atoms. The minimum Gasteiger partial charge on any atom is -0.377 e. The lowest BCUT2D eigenvalue weighted by atomic mass is 10.2. The van der Waals surface area contributed by atoms with Crippen molar-refractivity contribution in [1.29, 1.82) is 0 Å². The first-order valence-electron chi connectivity index (χ1n) is 5.71. The maximum absolute atomic E-state index is 5.56. The summed E-state index contributed by atoms with van der Waals surface area (Å²) in [6.07, 6.45) is 2.86. The van der Waals surface area contributed by atoms with Crippen molar-refractivity contribution in [3.8, 4) is 0 Å². The summed E-state index contributed by atoms with van der Waals surface area (Å²) in [6.45, 7) is 4.98. The molecule has 0 unspecified atom stereocenters. The summed E-state index contributed by atoms with van der Waals surface area (Å²) in [7, 11) is 2.11. The second-order valence-electron chi connectivity index (χ2n) is 4.29. The molecule has 1 fully saturated rings. The fraction of sp³-hybridized carbons (Fsp3) is 0.667. The first-order valence-corrected chi connectivity index (χ1v) is 5.71. The smallest absolute Gasteiger partial charge is 0.0700 e. The highest BCUT2D eigenvalue weighted by Crippen LogP contribution is 2.11. The number of nitrogens with zero attached hydrogens (tertiary/aromatic N) is 1. The Morgan fingerprint density at radius 2 is 2.40 bits per heavy atom. The second-order valence-corrected chi connectivity index (χ2v) is 4.29. The van der Waals surface area contributed by atoms with Crippen molar-refractivity contribution >= 4 is 0 Å². The number of ether oxygens (including phenoxy) is 1. The van der Waals surface area contributed by atoms with E-state index in [1.54, 1.807) is 0 Å². The fourth-order valence-corrected chi connectivity index (χ4v) is 2.01. The molecule has 0 radical (unpaired) electrons. The number of hydrogen-bond donors (Lipinski definition) is 1. The van der Waals surface area contributed by atoms with Crippen LogP contribution in [0.2, 0.25) is 0 Å². The lowest BCUT2D eigenvalue weighted by molar-refractivity contribution is 0.110. The molecular formula is C12H20N2O. The Kier molecular flexibility index (Phi) is 3.44. The van der Waals surface area contributed by atoms with Crippen LogP contribution in [-0.4, -0.2) is 23.8 Å². The number of hydrogen-bond acceptors (Lipinski definition) is 2. The Hall–Kier alpha value is -0.800. The van der Waals surface area contributed by atoms with Gasteiger partial charge in [-0.15, -0.1) is 0 Å². The monoisotopic (exact) mass is 208 g/mol. The van der Waals surface area contributed by atoms with Crippen LogP contribution in [0.3, 0.4) is 0 Å². The minimum atomic E-state index is 0.436. The average Bonchev–Trinajstić information content (AvgIpc) is 2.83. The number of nitrogens with one attached hydrogen (secondary N) is 1. The maximum Gasteiger partial charge on any atom is 0.0700 e. The van der Waals surface area contributed by atoms with Crippen LogP contribution in [0.15, 0.2) is 12.1 Å². The molecule has 1 aliphatic heterocycles. The van der Waals surface area contributed by atoms with E-state index in [0.29, 0.717) is 6.10 Å². The summed E-state index contributed by atoms with van der Waals surface area (Å²) in [5.74, 6) is 0. The predicted octanol–water partition coefficient (Wildman–Crippen LogP) is 1.60. The molecule has 1 N–H and O–H groups in total. The van der Waals surface area contributed by atoms with Gasteiger partial charge in [-0.05, 0) is 31.9 Å². The summed E-state index contributed by atoms with van der Waals surface area (Å²) in [6, 6.07) is 4.33. The quantitative estimate of drug-likeness (QED) is 0.813. The van der Waals surface area contributed by atoms with E-state index >= 15 is 0 Å². The van der Waals surface area contributed by atoms with Crippen molar-refractivity contribution in [2.45, 2.75) is 32.4 Å². The molecule has 2 rings (SSSR count). The van der Waals surface area contributed by atoms with E-state index in [4.69, 9.17) is 4.74 Å². The van der Waals surface area contributed by atoms with E-state index in [1.807, 2.05) is 0 Å².